The second kappa shape index (κ2) is 5.52. The van der Waals surface area contributed by atoms with Crippen molar-refractivity contribution in [2.45, 2.75) is 13.0 Å². The monoisotopic (exact) mass is 281 g/mol. The van der Waals surface area contributed by atoms with Gasteiger partial charge in [0.25, 0.3) is 5.91 Å². The summed E-state index contributed by atoms with van der Waals surface area (Å²) in [5.41, 5.74) is 0.766. The van der Waals surface area contributed by atoms with E-state index in [1.807, 2.05) is 0 Å². The first-order valence-electron chi connectivity index (χ1n) is 5.92. The molecule has 1 fully saturated rings. The molecule has 0 radical (unpaired) electrons. The quantitative estimate of drug-likeness (QED) is 0.855. The number of benzene rings is 1. The Morgan fingerprint density at radius 1 is 1.42 bits per heavy atom. The van der Waals surface area contributed by atoms with E-state index < -0.39 is 17.9 Å². The highest BCUT2D eigenvalue weighted by atomic mass is 32.2. The van der Waals surface area contributed by atoms with Crippen molar-refractivity contribution in [3.05, 3.63) is 29.3 Å². The van der Waals surface area contributed by atoms with Gasteiger partial charge in [-0.1, -0.05) is 12.1 Å². The lowest BCUT2D eigenvalue weighted by atomic mass is 10.1. The predicted molar refractivity (Wildman–Crippen MR) is 72.6 cm³/mol. The van der Waals surface area contributed by atoms with Gasteiger partial charge in [-0.2, -0.15) is 11.8 Å². The highest BCUT2D eigenvalue weighted by Gasteiger charge is 2.33. The molecule has 6 heteroatoms. The molecule has 2 rings (SSSR count). The number of hydrogen-bond donors (Lipinski definition) is 2. The van der Waals surface area contributed by atoms with Crippen molar-refractivity contribution in [1.29, 1.82) is 0 Å². The Morgan fingerprint density at radius 3 is 2.84 bits per heavy atom. The largest absolute Gasteiger partial charge is 0.507 e. The van der Waals surface area contributed by atoms with Crippen LogP contribution in [0.25, 0.3) is 0 Å². The third-order valence-electron chi connectivity index (χ3n) is 3.14. The van der Waals surface area contributed by atoms with E-state index in [1.165, 1.54) is 22.7 Å². The Hall–Kier alpha value is -1.69. The summed E-state index contributed by atoms with van der Waals surface area (Å²) in [6.45, 7) is 2.08. The average molecular weight is 281 g/mol. The molecule has 1 aromatic carbocycles. The van der Waals surface area contributed by atoms with Crippen LogP contribution in [0.4, 0.5) is 0 Å². The summed E-state index contributed by atoms with van der Waals surface area (Å²) in [5.74, 6) is -0.410. The van der Waals surface area contributed by atoms with E-state index in [0.717, 1.165) is 0 Å². The molecule has 0 saturated carbocycles. The van der Waals surface area contributed by atoms with Crippen LogP contribution in [0.2, 0.25) is 0 Å². The minimum atomic E-state index is -1.01. The topological polar surface area (TPSA) is 77.8 Å². The highest BCUT2D eigenvalue weighted by Crippen LogP contribution is 2.26. The summed E-state index contributed by atoms with van der Waals surface area (Å²) in [5, 5.41) is 19.1. The van der Waals surface area contributed by atoms with Gasteiger partial charge in [0.05, 0.1) is 5.56 Å². The van der Waals surface area contributed by atoms with Gasteiger partial charge in [-0.25, -0.2) is 4.79 Å². The van der Waals surface area contributed by atoms with Crippen LogP contribution in [0.3, 0.4) is 0 Å². The Morgan fingerprint density at radius 2 is 2.16 bits per heavy atom. The fourth-order valence-corrected chi connectivity index (χ4v) is 3.08. The Kier molecular flexibility index (Phi) is 3.99. The van der Waals surface area contributed by atoms with Gasteiger partial charge in [-0.3, -0.25) is 4.79 Å². The minimum Gasteiger partial charge on any atom is -0.507 e. The molecular weight excluding hydrogens is 266 g/mol. The van der Waals surface area contributed by atoms with E-state index >= 15 is 0 Å². The van der Waals surface area contributed by atoms with Gasteiger partial charge in [0.2, 0.25) is 0 Å². The molecule has 1 amide bonds. The molecular formula is C13H15NO4S. The number of rotatable bonds is 2. The number of carbonyl (C=O) groups excluding carboxylic acids is 1. The van der Waals surface area contributed by atoms with Crippen molar-refractivity contribution >= 4 is 23.6 Å². The number of amides is 1. The molecule has 0 aromatic heterocycles. The molecule has 2 N–H and O–H groups in total. The fourth-order valence-electron chi connectivity index (χ4n) is 2.04. The van der Waals surface area contributed by atoms with Crippen molar-refractivity contribution in [2.24, 2.45) is 0 Å². The van der Waals surface area contributed by atoms with Gasteiger partial charge in [0.15, 0.2) is 0 Å². The lowest BCUT2D eigenvalue weighted by molar-refractivity contribution is -0.141. The van der Waals surface area contributed by atoms with Crippen molar-refractivity contribution in [3.63, 3.8) is 0 Å². The Labute approximate surface area is 115 Å². The molecule has 19 heavy (non-hydrogen) atoms. The summed E-state index contributed by atoms with van der Waals surface area (Å²) < 4.78 is 0. The van der Waals surface area contributed by atoms with Gasteiger partial charge >= 0.3 is 5.97 Å². The Balaban J connectivity index is 2.31. The molecule has 0 bridgehead atoms. The van der Waals surface area contributed by atoms with Gasteiger partial charge in [0.1, 0.15) is 11.8 Å². The van der Waals surface area contributed by atoms with E-state index in [4.69, 9.17) is 5.11 Å². The lowest BCUT2D eigenvalue weighted by Gasteiger charge is -2.32. The third kappa shape index (κ3) is 2.68. The summed E-state index contributed by atoms with van der Waals surface area (Å²) in [6.07, 6.45) is 0. The summed E-state index contributed by atoms with van der Waals surface area (Å²) >= 11 is 1.52. The van der Waals surface area contributed by atoms with Crippen LogP contribution in [0.5, 0.6) is 5.75 Å². The van der Waals surface area contributed by atoms with Crippen LogP contribution < -0.4 is 0 Å². The van der Waals surface area contributed by atoms with Crippen molar-refractivity contribution in [1.82, 2.24) is 4.90 Å². The molecule has 1 aromatic rings. The zero-order valence-corrected chi connectivity index (χ0v) is 11.3. The number of aliphatic carboxylic acids is 1. The second-order valence-electron chi connectivity index (χ2n) is 4.40. The summed E-state index contributed by atoms with van der Waals surface area (Å²) in [4.78, 5) is 24.9. The second-order valence-corrected chi connectivity index (χ2v) is 5.55. The molecule has 1 aliphatic rings. The smallest absolute Gasteiger partial charge is 0.327 e. The van der Waals surface area contributed by atoms with Crippen molar-refractivity contribution in [3.8, 4) is 5.75 Å². The highest BCUT2D eigenvalue weighted by molar-refractivity contribution is 7.99. The van der Waals surface area contributed by atoms with Crippen LogP contribution in [0, 0.1) is 6.92 Å². The molecule has 1 heterocycles. The molecule has 0 spiro atoms. The fraction of sp³-hybridized carbons (Fsp3) is 0.385. The zero-order valence-electron chi connectivity index (χ0n) is 10.5. The molecule has 1 saturated heterocycles. The normalized spacial score (nSPS) is 19.2. The molecule has 1 atom stereocenters. The minimum absolute atomic E-state index is 0.0742. The molecule has 0 aliphatic carbocycles. The molecule has 1 aliphatic heterocycles. The number of para-hydroxylation sites is 1. The van der Waals surface area contributed by atoms with Gasteiger partial charge in [0, 0.05) is 18.1 Å². The van der Waals surface area contributed by atoms with Gasteiger partial charge in [-0.15, -0.1) is 0 Å². The first-order chi connectivity index (χ1) is 9.02. The number of thioether (sulfide) groups is 1. The van der Waals surface area contributed by atoms with Gasteiger partial charge < -0.3 is 15.1 Å². The van der Waals surface area contributed by atoms with Crippen molar-refractivity contribution < 1.29 is 19.8 Å². The zero-order chi connectivity index (χ0) is 14.0. The number of phenolic OH excluding ortho intramolecular Hbond substituents is 1. The number of carboxylic acids is 1. The van der Waals surface area contributed by atoms with E-state index in [9.17, 15) is 14.7 Å². The molecule has 102 valence electrons. The average Bonchev–Trinajstić information content (AvgIpc) is 2.41. The predicted octanol–water partition coefficient (Wildman–Crippen LogP) is 1.34. The van der Waals surface area contributed by atoms with Gasteiger partial charge in [-0.05, 0) is 18.6 Å². The number of phenols is 1. The maximum Gasteiger partial charge on any atom is 0.327 e. The number of carboxylic acid groups (broad SMARTS) is 1. The number of nitrogens with zero attached hydrogens (tertiary/aromatic N) is 1. The Bertz CT molecular complexity index is 517. The molecule has 1 unspecified atom stereocenters. The number of carbonyl (C=O) groups is 2. The van der Waals surface area contributed by atoms with Crippen LogP contribution in [-0.4, -0.2) is 51.1 Å². The van der Waals surface area contributed by atoms with Crippen LogP contribution >= 0.6 is 11.8 Å². The van der Waals surface area contributed by atoms with E-state index in [1.54, 1.807) is 19.1 Å². The van der Waals surface area contributed by atoms with E-state index in [-0.39, 0.29) is 11.3 Å². The lowest BCUT2D eigenvalue weighted by Crippen LogP contribution is -2.50. The number of aromatic hydroxyl groups is 1. The standard InChI is InChI=1S/C13H15NO4S/c1-8-3-2-4-9(11(8)15)12(16)14-5-6-19-7-10(14)13(17)18/h2-4,10,15H,5-7H2,1H3,(H,17,18). The van der Waals surface area contributed by atoms with E-state index in [2.05, 4.69) is 0 Å². The van der Waals surface area contributed by atoms with E-state index in [0.29, 0.717) is 23.6 Å². The van der Waals surface area contributed by atoms with Crippen molar-refractivity contribution in [2.75, 3.05) is 18.1 Å². The van der Waals surface area contributed by atoms with Crippen LogP contribution in [0.15, 0.2) is 18.2 Å². The molecule has 5 nitrogen and oxygen atoms in total. The van der Waals surface area contributed by atoms with Crippen LogP contribution in [-0.2, 0) is 4.79 Å². The number of aryl methyl sites for hydroxylation is 1. The van der Waals surface area contributed by atoms with Crippen LogP contribution in [0.1, 0.15) is 15.9 Å². The SMILES string of the molecule is Cc1cccc(C(=O)N2CCSCC2C(=O)O)c1O. The third-order valence-corrected chi connectivity index (χ3v) is 4.17. The summed E-state index contributed by atoms with van der Waals surface area (Å²) in [6, 6.07) is 4.07. The summed E-state index contributed by atoms with van der Waals surface area (Å²) in [7, 11) is 0. The first kappa shape index (κ1) is 13.7. The maximum atomic E-state index is 12.4. The maximum absolute atomic E-state index is 12.4. The first-order valence-corrected chi connectivity index (χ1v) is 7.08. The number of hydrogen-bond acceptors (Lipinski definition) is 4.